The van der Waals surface area contributed by atoms with Gasteiger partial charge in [0.2, 0.25) is 0 Å². The van der Waals surface area contributed by atoms with E-state index in [1.54, 1.807) is 24.3 Å². The number of carbonyl (C=O) groups excluding carboxylic acids is 1. The normalized spacial score (nSPS) is 21.1. The van der Waals surface area contributed by atoms with Crippen molar-refractivity contribution in [2.45, 2.75) is 45.1 Å². The molecule has 3 atom stereocenters. The summed E-state index contributed by atoms with van der Waals surface area (Å²) in [6, 6.07) is 13.3. The van der Waals surface area contributed by atoms with Crippen molar-refractivity contribution in [2.24, 2.45) is 5.92 Å². The lowest BCUT2D eigenvalue weighted by atomic mass is 9.86. The van der Waals surface area contributed by atoms with Gasteiger partial charge >= 0.3 is 5.97 Å². The average molecular weight is 338 g/mol. The molecule has 0 amide bonds. The Hall–Kier alpha value is -2.13. The van der Waals surface area contributed by atoms with Gasteiger partial charge in [0.25, 0.3) is 0 Å². The van der Waals surface area contributed by atoms with Crippen LogP contribution in [0.15, 0.2) is 42.5 Å². The van der Waals surface area contributed by atoms with Crippen LogP contribution in [0, 0.1) is 5.92 Å². The van der Waals surface area contributed by atoms with Crippen LogP contribution >= 0.6 is 0 Å². The Morgan fingerprint density at radius 3 is 2.48 bits per heavy atom. The largest absolute Gasteiger partial charge is 0.465 e. The van der Waals surface area contributed by atoms with Crippen LogP contribution in [0.4, 0.5) is 0 Å². The summed E-state index contributed by atoms with van der Waals surface area (Å²) in [6.45, 7) is 4.63. The molecule has 0 aromatic heterocycles. The zero-order valence-corrected chi connectivity index (χ0v) is 15.2. The lowest BCUT2D eigenvalue weighted by Crippen LogP contribution is -2.07. The molecule has 0 heterocycles. The van der Waals surface area contributed by atoms with E-state index >= 15 is 0 Å². The van der Waals surface area contributed by atoms with Crippen molar-refractivity contribution < 1.29 is 14.6 Å². The molecule has 0 saturated carbocycles. The predicted octanol–water partition coefficient (Wildman–Crippen LogP) is 4.63. The van der Waals surface area contributed by atoms with Gasteiger partial charge in [-0.2, -0.15) is 0 Å². The summed E-state index contributed by atoms with van der Waals surface area (Å²) in [5, 5.41) is 10.8. The Kier molecular flexibility index (Phi) is 5.24. The van der Waals surface area contributed by atoms with Crippen LogP contribution in [0.3, 0.4) is 0 Å². The van der Waals surface area contributed by atoms with Crippen LogP contribution in [0.1, 0.15) is 71.3 Å². The quantitative estimate of drug-likeness (QED) is 0.655. The van der Waals surface area contributed by atoms with E-state index in [4.69, 9.17) is 4.74 Å². The van der Waals surface area contributed by atoms with E-state index in [0.29, 0.717) is 17.4 Å². The van der Waals surface area contributed by atoms with Crippen molar-refractivity contribution in [1.29, 1.82) is 0 Å². The fraction of sp³-hybridized carbons (Fsp3) is 0.409. The molecule has 3 nitrogen and oxygen atoms in total. The maximum atomic E-state index is 11.5. The monoisotopic (exact) mass is 338 g/mol. The molecular formula is C22H26O3. The summed E-state index contributed by atoms with van der Waals surface area (Å²) in [5.74, 6) is 0.889. The molecule has 0 fully saturated rings. The number of fused-ring (bicyclic) bond motifs is 1. The molecule has 0 bridgehead atoms. The molecule has 3 heteroatoms. The SMILES string of the molecule is COC(=O)c1ccc(C(O)c2ccc3c(c2)CCCC(C)C3C)cc1. The highest BCUT2D eigenvalue weighted by molar-refractivity contribution is 5.89. The minimum absolute atomic E-state index is 0.367. The minimum atomic E-state index is -0.687. The standard InChI is InChI=1S/C22H26O3/c1-14-5-4-6-18-13-19(11-12-20(18)15(14)2)21(23)16-7-9-17(10-8-16)22(24)25-3/h7-15,21,23H,4-6H2,1-3H3. The smallest absolute Gasteiger partial charge is 0.337 e. The number of rotatable bonds is 3. The van der Waals surface area contributed by atoms with E-state index in [-0.39, 0.29) is 5.97 Å². The van der Waals surface area contributed by atoms with Crippen LogP contribution < -0.4 is 0 Å². The number of aliphatic hydroxyl groups excluding tert-OH is 1. The van der Waals surface area contributed by atoms with E-state index in [9.17, 15) is 9.90 Å². The average Bonchev–Trinajstić information content (AvgIpc) is 2.79. The summed E-state index contributed by atoms with van der Waals surface area (Å²) < 4.78 is 4.71. The Bertz CT molecular complexity index is 748. The molecule has 0 saturated heterocycles. The van der Waals surface area contributed by atoms with E-state index < -0.39 is 6.10 Å². The topological polar surface area (TPSA) is 46.5 Å². The van der Waals surface area contributed by atoms with Gasteiger partial charge in [0.1, 0.15) is 6.10 Å². The Balaban J connectivity index is 1.87. The Morgan fingerprint density at radius 1 is 1.12 bits per heavy atom. The van der Waals surface area contributed by atoms with Crippen LogP contribution in [-0.2, 0) is 11.2 Å². The highest BCUT2D eigenvalue weighted by Crippen LogP contribution is 2.36. The molecular weight excluding hydrogens is 312 g/mol. The van der Waals surface area contributed by atoms with Gasteiger partial charge in [0, 0.05) is 0 Å². The van der Waals surface area contributed by atoms with Crippen LogP contribution in [0.25, 0.3) is 0 Å². The molecule has 0 spiro atoms. The first-order valence-electron chi connectivity index (χ1n) is 9.00. The maximum absolute atomic E-state index is 11.5. The lowest BCUT2D eigenvalue weighted by molar-refractivity contribution is 0.0600. The van der Waals surface area contributed by atoms with Crippen LogP contribution in [0.5, 0.6) is 0 Å². The van der Waals surface area contributed by atoms with Gasteiger partial charge in [-0.15, -0.1) is 0 Å². The molecule has 25 heavy (non-hydrogen) atoms. The number of ether oxygens (including phenoxy) is 1. The number of aliphatic hydroxyl groups is 1. The highest BCUT2D eigenvalue weighted by Gasteiger charge is 2.22. The zero-order chi connectivity index (χ0) is 18.0. The summed E-state index contributed by atoms with van der Waals surface area (Å²) in [6.07, 6.45) is 2.84. The number of hydrogen-bond donors (Lipinski definition) is 1. The summed E-state index contributed by atoms with van der Waals surface area (Å²) in [4.78, 5) is 11.5. The number of hydrogen-bond acceptors (Lipinski definition) is 3. The van der Waals surface area contributed by atoms with E-state index in [1.165, 1.54) is 31.1 Å². The molecule has 0 aliphatic heterocycles. The third-order valence-corrected chi connectivity index (χ3v) is 5.58. The van der Waals surface area contributed by atoms with E-state index in [1.807, 2.05) is 6.07 Å². The molecule has 1 aliphatic carbocycles. The molecule has 0 radical (unpaired) electrons. The molecule has 3 unspecified atom stereocenters. The van der Waals surface area contributed by atoms with Gasteiger partial charge in [0.15, 0.2) is 0 Å². The first kappa shape index (κ1) is 17.7. The molecule has 1 N–H and O–H groups in total. The second kappa shape index (κ2) is 7.40. The molecule has 3 rings (SSSR count). The summed E-state index contributed by atoms with van der Waals surface area (Å²) >= 11 is 0. The first-order chi connectivity index (χ1) is 12.0. The van der Waals surface area contributed by atoms with Crippen molar-refractivity contribution in [3.8, 4) is 0 Å². The molecule has 1 aliphatic rings. The predicted molar refractivity (Wildman–Crippen MR) is 98.8 cm³/mol. The number of benzene rings is 2. The number of esters is 1. The van der Waals surface area contributed by atoms with Gasteiger partial charge in [-0.3, -0.25) is 0 Å². The number of aryl methyl sites for hydroxylation is 1. The van der Waals surface area contributed by atoms with Crippen molar-refractivity contribution in [1.82, 2.24) is 0 Å². The lowest BCUT2D eigenvalue weighted by Gasteiger charge is -2.20. The van der Waals surface area contributed by atoms with Gasteiger partial charge in [-0.1, -0.05) is 44.2 Å². The Labute approximate surface area is 149 Å². The van der Waals surface area contributed by atoms with E-state index in [0.717, 1.165) is 17.5 Å². The third kappa shape index (κ3) is 3.62. The maximum Gasteiger partial charge on any atom is 0.337 e. The van der Waals surface area contributed by atoms with Gasteiger partial charge in [-0.05, 0) is 65.5 Å². The Morgan fingerprint density at radius 2 is 1.80 bits per heavy atom. The second-order valence-corrected chi connectivity index (χ2v) is 7.13. The molecule has 2 aromatic carbocycles. The van der Waals surface area contributed by atoms with Crippen LogP contribution in [0.2, 0.25) is 0 Å². The number of methoxy groups -OCH3 is 1. The highest BCUT2D eigenvalue weighted by atomic mass is 16.5. The van der Waals surface area contributed by atoms with Crippen molar-refractivity contribution in [2.75, 3.05) is 7.11 Å². The van der Waals surface area contributed by atoms with Gasteiger partial charge in [0.05, 0.1) is 12.7 Å². The number of carbonyl (C=O) groups is 1. The first-order valence-corrected chi connectivity index (χ1v) is 9.00. The molecule has 132 valence electrons. The third-order valence-electron chi connectivity index (χ3n) is 5.58. The minimum Gasteiger partial charge on any atom is -0.465 e. The van der Waals surface area contributed by atoms with Crippen molar-refractivity contribution >= 4 is 5.97 Å². The fourth-order valence-corrected chi connectivity index (χ4v) is 3.74. The zero-order valence-electron chi connectivity index (χ0n) is 15.2. The fourth-order valence-electron chi connectivity index (χ4n) is 3.74. The van der Waals surface area contributed by atoms with Crippen molar-refractivity contribution in [3.05, 3.63) is 70.3 Å². The van der Waals surface area contributed by atoms with Gasteiger partial charge < -0.3 is 9.84 Å². The van der Waals surface area contributed by atoms with Gasteiger partial charge in [-0.25, -0.2) is 4.79 Å². The van der Waals surface area contributed by atoms with E-state index in [2.05, 4.69) is 26.0 Å². The van der Waals surface area contributed by atoms with Crippen molar-refractivity contribution in [3.63, 3.8) is 0 Å². The second-order valence-electron chi connectivity index (χ2n) is 7.13. The molecule has 2 aromatic rings. The summed E-state index contributed by atoms with van der Waals surface area (Å²) in [5.41, 5.74) is 4.96. The van der Waals surface area contributed by atoms with Crippen LogP contribution in [-0.4, -0.2) is 18.2 Å². The summed E-state index contributed by atoms with van der Waals surface area (Å²) in [7, 11) is 1.36.